The zero-order chi connectivity index (χ0) is 30.9. The van der Waals surface area contributed by atoms with Crippen molar-refractivity contribution in [3.8, 4) is 5.75 Å². The summed E-state index contributed by atoms with van der Waals surface area (Å²) in [5, 5.41) is 5.55. The highest BCUT2D eigenvalue weighted by Crippen LogP contribution is 2.31. The molecule has 0 heterocycles. The largest absolute Gasteiger partial charge is 0.497 e. The molecule has 0 saturated carbocycles. The molecule has 3 unspecified atom stereocenters. The molecule has 10 nitrogen and oxygen atoms in total. The normalized spacial score (nSPS) is 13.4. The number of nitrogens with one attached hydrogen (secondary N) is 2. The number of benzene rings is 2. The highest BCUT2D eigenvalue weighted by Gasteiger charge is 2.39. The monoisotopic (exact) mass is 568 g/mol. The quantitative estimate of drug-likeness (QED) is 0.337. The van der Waals surface area contributed by atoms with E-state index in [4.69, 9.17) is 15.2 Å². The van der Waals surface area contributed by atoms with Crippen LogP contribution < -0.4 is 21.1 Å². The fourth-order valence-electron chi connectivity index (χ4n) is 4.40. The molecule has 0 aromatic heterocycles. The number of carbonyl (C=O) groups excluding carboxylic acids is 4. The maximum absolute atomic E-state index is 14.3. The molecular formula is C31H44N4O6. The Hall–Kier alpha value is -4.08. The molecule has 2 rings (SSSR count). The Morgan fingerprint density at radius 1 is 1.02 bits per heavy atom. The molecule has 0 aliphatic rings. The minimum absolute atomic E-state index is 0.0555. The summed E-state index contributed by atoms with van der Waals surface area (Å²) in [6, 6.07) is 9.94. The first-order valence-corrected chi connectivity index (χ1v) is 13.8. The second kappa shape index (κ2) is 14.5. The number of anilines is 1. The summed E-state index contributed by atoms with van der Waals surface area (Å²) in [4.78, 5) is 54.2. The second-order valence-electron chi connectivity index (χ2n) is 11.2. The van der Waals surface area contributed by atoms with Crippen molar-refractivity contribution in [2.45, 2.75) is 91.5 Å². The summed E-state index contributed by atoms with van der Waals surface area (Å²) in [6.07, 6.45) is -0.486. The number of hydrogen-bond acceptors (Lipinski definition) is 6. The summed E-state index contributed by atoms with van der Waals surface area (Å²) in [5.74, 6) is -0.939. The van der Waals surface area contributed by atoms with Crippen LogP contribution in [0, 0.1) is 13.8 Å². The van der Waals surface area contributed by atoms with Gasteiger partial charge in [-0.2, -0.15) is 0 Å². The lowest BCUT2D eigenvalue weighted by Crippen LogP contribution is -2.55. The number of aryl methyl sites for hydroxylation is 2. The summed E-state index contributed by atoms with van der Waals surface area (Å²) in [6.45, 7) is 12.7. The van der Waals surface area contributed by atoms with E-state index in [1.165, 1.54) is 4.90 Å². The molecular weight excluding hydrogens is 524 g/mol. The fraction of sp³-hybridized carbons (Fsp3) is 0.484. The smallest absolute Gasteiger partial charge is 0.408 e. The van der Waals surface area contributed by atoms with Gasteiger partial charge in [0, 0.05) is 18.2 Å². The molecule has 0 fully saturated rings. The van der Waals surface area contributed by atoms with E-state index < -0.39 is 47.5 Å². The number of nitrogens with two attached hydrogens (primary N) is 1. The van der Waals surface area contributed by atoms with Crippen LogP contribution in [0.4, 0.5) is 10.5 Å². The maximum Gasteiger partial charge on any atom is 0.408 e. The van der Waals surface area contributed by atoms with Crippen LogP contribution in [-0.4, -0.2) is 53.5 Å². The van der Waals surface area contributed by atoms with Crippen molar-refractivity contribution in [3.05, 3.63) is 59.2 Å². The van der Waals surface area contributed by atoms with Gasteiger partial charge in [0.05, 0.1) is 7.11 Å². The SMILES string of the molecule is CCC(C)N(C(=O)C(CCC(N)=O)NC(=O)OC(C)(C)C)C(C(=O)Nc1ccc(OC)cc1)c1ccc(C)cc1C. The second-order valence-corrected chi connectivity index (χ2v) is 11.2. The fourth-order valence-corrected chi connectivity index (χ4v) is 4.40. The Labute approximate surface area is 242 Å². The average Bonchev–Trinajstić information content (AvgIpc) is 2.88. The Balaban J connectivity index is 2.60. The predicted molar refractivity (Wildman–Crippen MR) is 158 cm³/mol. The van der Waals surface area contributed by atoms with Crippen LogP contribution in [0.2, 0.25) is 0 Å². The molecule has 0 bridgehead atoms. The number of rotatable bonds is 12. The first-order chi connectivity index (χ1) is 19.2. The number of primary amides is 1. The molecule has 4 amide bonds. The predicted octanol–water partition coefficient (Wildman–Crippen LogP) is 4.78. The number of ether oxygens (including phenoxy) is 2. The summed E-state index contributed by atoms with van der Waals surface area (Å²) in [7, 11) is 1.55. The number of carbonyl (C=O) groups is 4. The first-order valence-electron chi connectivity index (χ1n) is 13.8. The van der Waals surface area contributed by atoms with Crippen molar-refractivity contribution < 1.29 is 28.7 Å². The Kier molecular flexibility index (Phi) is 11.7. The van der Waals surface area contributed by atoms with Crippen LogP contribution in [0.5, 0.6) is 5.75 Å². The summed E-state index contributed by atoms with van der Waals surface area (Å²) < 4.78 is 10.6. The molecule has 224 valence electrons. The van der Waals surface area contributed by atoms with Crippen LogP contribution in [0.1, 0.15) is 76.6 Å². The van der Waals surface area contributed by atoms with Gasteiger partial charge in [-0.15, -0.1) is 0 Å². The third-order valence-electron chi connectivity index (χ3n) is 6.59. The van der Waals surface area contributed by atoms with Crippen LogP contribution in [0.25, 0.3) is 0 Å². The first kappa shape index (κ1) is 33.1. The van der Waals surface area contributed by atoms with Gasteiger partial charge in [-0.05, 0) is 89.8 Å². The number of alkyl carbamates (subject to hydrolysis) is 1. The van der Waals surface area contributed by atoms with Gasteiger partial charge >= 0.3 is 6.09 Å². The van der Waals surface area contributed by atoms with E-state index in [2.05, 4.69) is 10.6 Å². The van der Waals surface area contributed by atoms with Crippen molar-refractivity contribution in [3.63, 3.8) is 0 Å². The van der Waals surface area contributed by atoms with Gasteiger partial charge < -0.3 is 30.7 Å². The minimum atomic E-state index is -1.16. The van der Waals surface area contributed by atoms with E-state index in [9.17, 15) is 19.2 Å². The van der Waals surface area contributed by atoms with E-state index in [-0.39, 0.29) is 12.8 Å². The Morgan fingerprint density at radius 3 is 2.17 bits per heavy atom. The van der Waals surface area contributed by atoms with Crippen molar-refractivity contribution >= 4 is 29.5 Å². The lowest BCUT2D eigenvalue weighted by atomic mass is 9.94. The van der Waals surface area contributed by atoms with E-state index >= 15 is 0 Å². The minimum Gasteiger partial charge on any atom is -0.497 e. The molecule has 4 N–H and O–H groups in total. The van der Waals surface area contributed by atoms with Gasteiger partial charge in [0.2, 0.25) is 11.8 Å². The lowest BCUT2D eigenvalue weighted by molar-refractivity contribution is -0.143. The molecule has 2 aromatic rings. The van der Waals surface area contributed by atoms with Gasteiger partial charge in [-0.25, -0.2) is 4.79 Å². The van der Waals surface area contributed by atoms with E-state index in [1.807, 2.05) is 45.9 Å². The van der Waals surface area contributed by atoms with Crippen molar-refractivity contribution in [2.24, 2.45) is 5.73 Å². The zero-order valence-corrected chi connectivity index (χ0v) is 25.4. The van der Waals surface area contributed by atoms with E-state index in [1.54, 1.807) is 52.1 Å². The van der Waals surface area contributed by atoms with Crippen molar-refractivity contribution in [2.75, 3.05) is 12.4 Å². The molecule has 2 aromatic carbocycles. The third kappa shape index (κ3) is 9.81. The highest BCUT2D eigenvalue weighted by molar-refractivity contribution is 5.99. The summed E-state index contributed by atoms with van der Waals surface area (Å²) in [5.41, 5.74) is 7.59. The zero-order valence-electron chi connectivity index (χ0n) is 25.4. The molecule has 0 aliphatic heterocycles. The Bertz CT molecular complexity index is 1220. The van der Waals surface area contributed by atoms with Crippen molar-refractivity contribution in [1.82, 2.24) is 10.2 Å². The molecule has 0 aliphatic carbocycles. The van der Waals surface area contributed by atoms with Crippen LogP contribution in [0.3, 0.4) is 0 Å². The number of methoxy groups -OCH3 is 1. The lowest BCUT2D eigenvalue weighted by Gasteiger charge is -2.38. The molecule has 41 heavy (non-hydrogen) atoms. The number of hydrogen-bond donors (Lipinski definition) is 3. The van der Waals surface area contributed by atoms with Gasteiger partial charge in [-0.3, -0.25) is 14.4 Å². The maximum atomic E-state index is 14.3. The van der Waals surface area contributed by atoms with Gasteiger partial charge in [-0.1, -0.05) is 30.7 Å². The van der Waals surface area contributed by atoms with Crippen LogP contribution in [-0.2, 0) is 19.1 Å². The van der Waals surface area contributed by atoms with Crippen LogP contribution >= 0.6 is 0 Å². The van der Waals surface area contributed by atoms with E-state index in [0.717, 1.165) is 11.1 Å². The van der Waals surface area contributed by atoms with Gasteiger partial charge in [0.15, 0.2) is 0 Å². The highest BCUT2D eigenvalue weighted by atomic mass is 16.6. The molecule has 10 heteroatoms. The van der Waals surface area contributed by atoms with Crippen LogP contribution in [0.15, 0.2) is 42.5 Å². The molecule has 0 spiro atoms. The topological polar surface area (TPSA) is 140 Å². The summed E-state index contributed by atoms with van der Waals surface area (Å²) >= 11 is 0. The molecule has 3 atom stereocenters. The van der Waals surface area contributed by atoms with Crippen molar-refractivity contribution in [1.29, 1.82) is 0 Å². The third-order valence-corrected chi connectivity index (χ3v) is 6.59. The molecule has 0 saturated heterocycles. The van der Waals surface area contributed by atoms with Gasteiger partial charge in [0.25, 0.3) is 5.91 Å². The number of amides is 4. The average molecular weight is 569 g/mol. The molecule has 0 radical (unpaired) electrons. The standard InChI is InChI=1S/C31H44N4O6/c1-9-21(4)35(29(38)25(16-17-26(32)36)34-30(39)41-31(5,6)7)27(24-15-10-19(2)18-20(24)3)28(37)33-22-11-13-23(40-8)14-12-22/h10-15,18,21,25,27H,9,16-17H2,1-8H3,(H2,32,36)(H,33,37)(H,34,39). The number of nitrogens with zero attached hydrogens (tertiary/aromatic N) is 1. The Morgan fingerprint density at radius 2 is 1.66 bits per heavy atom. The van der Waals surface area contributed by atoms with E-state index in [0.29, 0.717) is 23.4 Å². The van der Waals surface area contributed by atoms with Gasteiger partial charge in [0.1, 0.15) is 23.4 Å².